The number of aromatic nitrogens is 2. The lowest BCUT2D eigenvalue weighted by molar-refractivity contribution is 0.241. The number of aromatic amines is 1. The van der Waals surface area contributed by atoms with Gasteiger partial charge in [-0.15, -0.1) is 0 Å². The standard InChI is InChI=1S/C24H29N3O/c28-27-22(17-8-7-9-17)23-20-14-15-24(16-21(20)25-26-23,18-10-3-1-4-11-18)19-12-5-2-6-13-19/h1,3-4,10-11,14-15,17,19,28H,2,5-9,12-13,16H2,(H,25,26). The molecule has 1 heterocycles. The molecule has 3 aliphatic rings. The summed E-state index contributed by atoms with van der Waals surface area (Å²) in [5.74, 6) is 1.02. The maximum absolute atomic E-state index is 9.63. The third kappa shape index (κ3) is 2.81. The highest BCUT2D eigenvalue weighted by atomic mass is 16.4. The molecule has 0 spiro atoms. The summed E-state index contributed by atoms with van der Waals surface area (Å²) in [4.78, 5) is 0. The van der Waals surface area contributed by atoms with E-state index in [1.165, 1.54) is 49.8 Å². The van der Waals surface area contributed by atoms with Crippen molar-refractivity contribution >= 4 is 11.8 Å². The molecule has 0 radical (unpaired) electrons. The third-order valence-electron chi connectivity index (χ3n) is 7.39. The summed E-state index contributed by atoms with van der Waals surface area (Å²) in [5.41, 5.74) is 5.37. The zero-order chi connectivity index (χ0) is 19.0. The normalized spacial score (nSPS) is 26.1. The van der Waals surface area contributed by atoms with E-state index >= 15 is 0 Å². The Morgan fingerprint density at radius 3 is 2.50 bits per heavy atom. The van der Waals surface area contributed by atoms with Gasteiger partial charge in [-0.25, -0.2) is 0 Å². The van der Waals surface area contributed by atoms with Gasteiger partial charge in [0.05, 0.1) is 0 Å². The SMILES string of the molecule is ON=C(c1n[nH]c2c1C=CC(c1ccccc1)(C1CCCCC1)C2)C1CCC1. The summed E-state index contributed by atoms with van der Waals surface area (Å²) in [6.45, 7) is 0. The van der Waals surface area contributed by atoms with Gasteiger partial charge in [-0.2, -0.15) is 5.10 Å². The molecule has 2 fully saturated rings. The molecule has 1 aromatic heterocycles. The fourth-order valence-electron chi connectivity index (χ4n) is 5.56. The highest BCUT2D eigenvalue weighted by Crippen LogP contribution is 2.47. The molecular weight excluding hydrogens is 346 g/mol. The van der Waals surface area contributed by atoms with Crippen LogP contribution in [0.2, 0.25) is 0 Å². The minimum Gasteiger partial charge on any atom is -0.411 e. The number of H-pyrrole nitrogens is 1. The van der Waals surface area contributed by atoms with Crippen LogP contribution in [0.15, 0.2) is 41.6 Å². The first-order valence-electron chi connectivity index (χ1n) is 10.9. The lowest BCUT2D eigenvalue weighted by Crippen LogP contribution is -2.38. The highest BCUT2D eigenvalue weighted by Gasteiger charge is 2.42. The Bertz CT molecular complexity index is 888. The summed E-state index contributed by atoms with van der Waals surface area (Å²) in [5, 5.41) is 21.2. The van der Waals surface area contributed by atoms with Gasteiger partial charge in [0.25, 0.3) is 0 Å². The Morgan fingerprint density at radius 1 is 1.04 bits per heavy atom. The van der Waals surface area contributed by atoms with Crippen molar-refractivity contribution in [2.75, 3.05) is 0 Å². The molecule has 0 amide bonds. The average molecular weight is 376 g/mol. The van der Waals surface area contributed by atoms with Crippen molar-refractivity contribution in [3.05, 3.63) is 58.9 Å². The Kier molecular flexibility index (Phi) is 4.58. The van der Waals surface area contributed by atoms with E-state index in [0.29, 0.717) is 11.8 Å². The van der Waals surface area contributed by atoms with Crippen molar-refractivity contribution in [2.24, 2.45) is 17.0 Å². The van der Waals surface area contributed by atoms with Gasteiger partial charge in [0.1, 0.15) is 11.4 Å². The molecule has 0 aliphatic heterocycles. The summed E-state index contributed by atoms with van der Waals surface area (Å²) in [6.07, 6.45) is 15.7. The van der Waals surface area contributed by atoms with Crippen LogP contribution in [0.3, 0.4) is 0 Å². The zero-order valence-corrected chi connectivity index (χ0v) is 16.4. The van der Waals surface area contributed by atoms with Crippen molar-refractivity contribution in [1.29, 1.82) is 0 Å². The number of oxime groups is 1. The highest BCUT2D eigenvalue weighted by molar-refractivity contribution is 6.03. The first-order chi connectivity index (χ1) is 13.8. The van der Waals surface area contributed by atoms with Crippen molar-refractivity contribution in [1.82, 2.24) is 10.2 Å². The number of allylic oxidation sites excluding steroid dienone is 1. The second-order valence-electron chi connectivity index (χ2n) is 8.83. The molecule has 1 aromatic carbocycles. The molecule has 1 atom stereocenters. The van der Waals surface area contributed by atoms with Crippen LogP contribution in [-0.4, -0.2) is 21.1 Å². The lowest BCUT2D eigenvalue weighted by Gasteiger charge is -2.43. The van der Waals surface area contributed by atoms with Crippen LogP contribution in [0, 0.1) is 11.8 Å². The molecule has 0 saturated heterocycles. The number of fused-ring (bicyclic) bond motifs is 1. The van der Waals surface area contributed by atoms with Crippen molar-refractivity contribution in [2.45, 2.75) is 63.2 Å². The topological polar surface area (TPSA) is 61.3 Å². The molecule has 1 unspecified atom stereocenters. The van der Waals surface area contributed by atoms with Crippen LogP contribution in [-0.2, 0) is 11.8 Å². The first kappa shape index (κ1) is 17.7. The minimum absolute atomic E-state index is 0.0332. The molecule has 28 heavy (non-hydrogen) atoms. The van der Waals surface area contributed by atoms with Crippen LogP contribution < -0.4 is 0 Å². The first-order valence-corrected chi connectivity index (χ1v) is 10.9. The number of hydrogen-bond acceptors (Lipinski definition) is 3. The predicted molar refractivity (Wildman–Crippen MR) is 112 cm³/mol. The summed E-state index contributed by atoms with van der Waals surface area (Å²) in [6, 6.07) is 11.0. The Balaban J connectivity index is 1.55. The minimum atomic E-state index is 0.0332. The van der Waals surface area contributed by atoms with Gasteiger partial charge >= 0.3 is 0 Å². The molecule has 146 valence electrons. The lowest BCUT2D eigenvalue weighted by atomic mass is 9.61. The van der Waals surface area contributed by atoms with Crippen molar-refractivity contribution in [3.63, 3.8) is 0 Å². The number of nitrogens with zero attached hydrogens (tertiary/aromatic N) is 2. The van der Waals surface area contributed by atoms with Crippen LogP contribution in [0.1, 0.15) is 73.9 Å². The fourth-order valence-corrected chi connectivity index (χ4v) is 5.56. The van der Waals surface area contributed by atoms with Crippen LogP contribution in [0.5, 0.6) is 0 Å². The van der Waals surface area contributed by atoms with Crippen LogP contribution in [0.4, 0.5) is 0 Å². The van der Waals surface area contributed by atoms with Crippen molar-refractivity contribution in [3.8, 4) is 0 Å². The second-order valence-corrected chi connectivity index (χ2v) is 8.83. The van der Waals surface area contributed by atoms with Gasteiger partial charge in [0.2, 0.25) is 0 Å². The molecule has 2 saturated carbocycles. The van der Waals surface area contributed by atoms with E-state index in [1.807, 2.05) is 0 Å². The van der Waals surface area contributed by atoms with E-state index in [9.17, 15) is 5.21 Å². The number of nitrogens with one attached hydrogen (secondary N) is 1. The fraction of sp³-hybridized carbons (Fsp3) is 0.500. The monoisotopic (exact) mass is 375 g/mol. The average Bonchev–Trinajstić information content (AvgIpc) is 3.14. The van der Waals surface area contributed by atoms with Gasteiger partial charge in [-0.1, -0.05) is 73.3 Å². The van der Waals surface area contributed by atoms with Gasteiger partial charge in [0.15, 0.2) is 0 Å². The third-order valence-corrected chi connectivity index (χ3v) is 7.39. The van der Waals surface area contributed by atoms with Gasteiger partial charge < -0.3 is 5.21 Å². The van der Waals surface area contributed by atoms with E-state index in [0.717, 1.165) is 36.2 Å². The van der Waals surface area contributed by atoms with Crippen LogP contribution in [0.25, 0.3) is 6.08 Å². The van der Waals surface area contributed by atoms with Gasteiger partial charge in [-0.05, 0) is 37.2 Å². The number of hydrogen-bond donors (Lipinski definition) is 2. The van der Waals surface area contributed by atoms with E-state index in [4.69, 9.17) is 0 Å². The Hall–Kier alpha value is -2.36. The predicted octanol–water partition coefficient (Wildman–Crippen LogP) is 5.48. The van der Waals surface area contributed by atoms with Gasteiger partial charge in [-0.3, -0.25) is 5.10 Å². The molecule has 4 nitrogen and oxygen atoms in total. The Labute approximate surface area is 166 Å². The van der Waals surface area contributed by atoms with Gasteiger partial charge in [0, 0.05) is 29.0 Å². The van der Waals surface area contributed by atoms with Crippen LogP contribution >= 0.6 is 0 Å². The molecular formula is C24H29N3O. The summed E-state index contributed by atoms with van der Waals surface area (Å²) >= 11 is 0. The Morgan fingerprint density at radius 2 is 1.82 bits per heavy atom. The largest absolute Gasteiger partial charge is 0.411 e. The molecule has 2 N–H and O–H groups in total. The maximum Gasteiger partial charge on any atom is 0.117 e. The van der Waals surface area contributed by atoms with Crippen molar-refractivity contribution < 1.29 is 5.21 Å². The molecule has 4 heteroatoms. The van der Waals surface area contributed by atoms with E-state index in [1.54, 1.807) is 0 Å². The second kappa shape index (κ2) is 7.23. The van der Waals surface area contributed by atoms with E-state index < -0.39 is 0 Å². The molecule has 3 aliphatic carbocycles. The maximum atomic E-state index is 9.63. The summed E-state index contributed by atoms with van der Waals surface area (Å²) < 4.78 is 0. The number of benzene rings is 1. The zero-order valence-electron chi connectivity index (χ0n) is 16.4. The number of rotatable bonds is 4. The van der Waals surface area contributed by atoms with E-state index in [2.05, 4.69) is 57.8 Å². The molecule has 0 bridgehead atoms. The van der Waals surface area contributed by atoms with E-state index in [-0.39, 0.29) is 5.41 Å². The smallest absolute Gasteiger partial charge is 0.117 e. The molecule has 5 rings (SSSR count). The molecule has 2 aromatic rings. The quantitative estimate of drug-likeness (QED) is 0.422. The summed E-state index contributed by atoms with van der Waals surface area (Å²) in [7, 11) is 0.